The highest BCUT2D eigenvalue weighted by Crippen LogP contribution is 2.54. The first-order valence-corrected chi connectivity index (χ1v) is 9.98. The van der Waals surface area contributed by atoms with Crippen LogP contribution >= 0.6 is 0 Å². The lowest BCUT2D eigenvalue weighted by atomic mass is 9.74. The van der Waals surface area contributed by atoms with E-state index in [1.165, 1.54) is 0 Å². The molecule has 0 saturated carbocycles. The van der Waals surface area contributed by atoms with E-state index in [1.807, 2.05) is 6.07 Å². The molecule has 4 rings (SSSR count). The Morgan fingerprint density at radius 2 is 2.09 bits per heavy atom. The molecule has 23 heavy (non-hydrogen) atoms. The molecule has 3 heterocycles. The van der Waals surface area contributed by atoms with Crippen LogP contribution in [0.25, 0.3) is 0 Å². The lowest BCUT2D eigenvalue weighted by Crippen LogP contribution is -2.38. The molecule has 0 aromatic heterocycles. The van der Waals surface area contributed by atoms with Crippen molar-refractivity contribution in [3.05, 3.63) is 30.3 Å². The number of hydrogen-bond acceptors (Lipinski definition) is 5. The van der Waals surface area contributed by atoms with Gasteiger partial charge >= 0.3 is 0 Å². The van der Waals surface area contributed by atoms with E-state index in [0.717, 1.165) is 25.9 Å². The SMILES string of the molecule is O=S(=O)(CCN1C[C@H]2[C@@H](CO)[C@@H]3CC[C@@]2(C1)O3)c1ccccc1. The zero-order valence-electron chi connectivity index (χ0n) is 13.1. The number of benzene rings is 1. The quantitative estimate of drug-likeness (QED) is 0.866. The first kappa shape index (κ1) is 15.6. The number of likely N-dealkylation sites (tertiary alicyclic amines) is 1. The summed E-state index contributed by atoms with van der Waals surface area (Å²) in [4.78, 5) is 2.60. The molecular formula is C17H23NO4S. The normalized spacial score (nSPS) is 36.5. The third-order valence-electron chi connectivity index (χ3n) is 5.84. The molecule has 1 N–H and O–H groups in total. The van der Waals surface area contributed by atoms with Crippen LogP contribution in [0.5, 0.6) is 0 Å². The summed E-state index contributed by atoms with van der Waals surface area (Å²) in [5.41, 5.74) is -0.130. The van der Waals surface area contributed by atoms with Crippen molar-refractivity contribution in [3.63, 3.8) is 0 Å². The summed E-state index contributed by atoms with van der Waals surface area (Å²) >= 11 is 0. The van der Waals surface area contributed by atoms with Gasteiger partial charge in [0.2, 0.25) is 0 Å². The van der Waals surface area contributed by atoms with Crippen molar-refractivity contribution < 1.29 is 18.3 Å². The number of sulfone groups is 1. The fraction of sp³-hybridized carbons (Fsp3) is 0.647. The second-order valence-corrected chi connectivity index (χ2v) is 9.19. The lowest BCUT2D eigenvalue weighted by molar-refractivity contribution is 0.00152. The third kappa shape index (κ3) is 2.52. The van der Waals surface area contributed by atoms with E-state index >= 15 is 0 Å². The van der Waals surface area contributed by atoms with Crippen LogP contribution in [-0.2, 0) is 14.6 Å². The maximum absolute atomic E-state index is 12.4. The van der Waals surface area contributed by atoms with Crippen molar-refractivity contribution in [3.8, 4) is 0 Å². The average molecular weight is 337 g/mol. The number of ether oxygens (including phenoxy) is 1. The van der Waals surface area contributed by atoms with Crippen molar-refractivity contribution in [2.75, 3.05) is 32.0 Å². The van der Waals surface area contributed by atoms with Gasteiger partial charge in [0.1, 0.15) is 0 Å². The molecule has 0 radical (unpaired) electrons. The second-order valence-electron chi connectivity index (χ2n) is 7.08. The first-order chi connectivity index (χ1) is 11.0. The van der Waals surface area contributed by atoms with Crippen molar-refractivity contribution in [2.45, 2.75) is 29.4 Å². The average Bonchev–Trinajstić information content (AvgIpc) is 3.21. The maximum Gasteiger partial charge on any atom is 0.179 e. The lowest BCUT2D eigenvalue weighted by Gasteiger charge is -2.28. The monoisotopic (exact) mass is 337 g/mol. The molecule has 1 aromatic carbocycles. The first-order valence-electron chi connectivity index (χ1n) is 8.33. The number of nitrogens with zero attached hydrogens (tertiary/aromatic N) is 1. The van der Waals surface area contributed by atoms with Gasteiger partial charge in [-0.15, -0.1) is 0 Å². The van der Waals surface area contributed by atoms with E-state index < -0.39 is 9.84 Å². The van der Waals surface area contributed by atoms with E-state index in [4.69, 9.17) is 4.74 Å². The van der Waals surface area contributed by atoms with Crippen LogP contribution < -0.4 is 0 Å². The predicted molar refractivity (Wildman–Crippen MR) is 85.8 cm³/mol. The highest BCUT2D eigenvalue weighted by molar-refractivity contribution is 7.91. The van der Waals surface area contributed by atoms with Crippen molar-refractivity contribution in [2.24, 2.45) is 11.8 Å². The van der Waals surface area contributed by atoms with Gasteiger partial charge in [-0.2, -0.15) is 0 Å². The topological polar surface area (TPSA) is 66.8 Å². The number of aliphatic hydroxyl groups is 1. The predicted octanol–water partition coefficient (Wildman–Crippen LogP) is 0.932. The van der Waals surface area contributed by atoms with E-state index in [-0.39, 0.29) is 30.0 Å². The van der Waals surface area contributed by atoms with Gasteiger partial charge in [0.25, 0.3) is 0 Å². The van der Waals surface area contributed by atoms with E-state index in [2.05, 4.69) is 4.90 Å². The number of rotatable bonds is 5. The summed E-state index contributed by atoms with van der Waals surface area (Å²) in [5.74, 6) is 0.706. The van der Waals surface area contributed by atoms with Gasteiger partial charge < -0.3 is 9.84 Å². The van der Waals surface area contributed by atoms with Crippen LogP contribution in [0.15, 0.2) is 35.2 Å². The molecule has 3 aliphatic rings. The summed E-state index contributed by atoms with van der Waals surface area (Å²) in [6, 6.07) is 8.63. The zero-order valence-corrected chi connectivity index (χ0v) is 13.9. The molecule has 5 nitrogen and oxygen atoms in total. The van der Waals surface area contributed by atoms with Gasteiger partial charge in [-0.25, -0.2) is 8.42 Å². The van der Waals surface area contributed by atoms with E-state index in [1.54, 1.807) is 24.3 Å². The van der Waals surface area contributed by atoms with E-state index in [9.17, 15) is 13.5 Å². The summed E-state index contributed by atoms with van der Waals surface area (Å²) in [7, 11) is -3.24. The van der Waals surface area contributed by atoms with Gasteiger partial charge in [0, 0.05) is 38.1 Å². The number of fused-ring (bicyclic) bond motifs is 1. The highest BCUT2D eigenvalue weighted by Gasteiger charge is 2.62. The fourth-order valence-corrected chi connectivity index (χ4v) is 6.00. The van der Waals surface area contributed by atoms with Gasteiger partial charge in [-0.1, -0.05) is 18.2 Å². The second kappa shape index (κ2) is 5.55. The molecule has 3 fully saturated rings. The Kier molecular flexibility index (Phi) is 3.76. The van der Waals surface area contributed by atoms with E-state index in [0.29, 0.717) is 17.4 Å². The van der Waals surface area contributed by atoms with Gasteiger partial charge in [-0.3, -0.25) is 4.90 Å². The summed E-state index contributed by atoms with van der Waals surface area (Å²) in [6.07, 6.45) is 2.28. The highest BCUT2D eigenvalue weighted by atomic mass is 32.2. The summed E-state index contributed by atoms with van der Waals surface area (Å²) < 4.78 is 31.0. The molecule has 1 aromatic rings. The Labute approximate surface area is 137 Å². The van der Waals surface area contributed by atoms with Crippen molar-refractivity contribution in [1.82, 2.24) is 4.90 Å². The van der Waals surface area contributed by atoms with Gasteiger partial charge in [0.15, 0.2) is 9.84 Å². The van der Waals surface area contributed by atoms with Crippen LogP contribution in [0, 0.1) is 11.8 Å². The Morgan fingerprint density at radius 3 is 2.83 bits per heavy atom. The summed E-state index contributed by atoms with van der Waals surface area (Å²) in [5, 5.41) is 9.63. The third-order valence-corrected chi connectivity index (χ3v) is 7.55. The fourth-order valence-electron chi connectivity index (χ4n) is 4.70. The maximum atomic E-state index is 12.4. The van der Waals surface area contributed by atoms with Crippen LogP contribution in [0.3, 0.4) is 0 Å². The molecule has 0 unspecified atom stereocenters. The Morgan fingerprint density at radius 1 is 1.30 bits per heavy atom. The molecule has 3 aliphatic heterocycles. The van der Waals surface area contributed by atoms with Gasteiger partial charge in [0.05, 0.1) is 22.4 Å². The zero-order chi connectivity index (χ0) is 16.1. The minimum atomic E-state index is -3.24. The van der Waals surface area contributed by atoms with Crippen LogP contribution in [0.1, 0.15) is 12.8 Å². The Balaban J connectivity index is 1.42. The Hall–Kier alpha value is -0.950. The molecule has 0 aliphatic carbocycles. The Bertz CT molecular complexity index is 677. The number of aliphatic hydroxyl groups excluding tert-OH is 1. The minimum absolute atomic E-state index is 0.130. The van der Waals surface area contributed by atoms with Gasteiger partial charge in [-0.05, 0) is 25.0 Å². The molecule has 126 valence electrons. The number of hydrogen-bond donors (Lipinski definition) is 1. The standard InChI is InChI=1S/C17H23NO4S/c19-11-14-15-10-18(12-17(15)7-6-16(14)22-17)8-9-23(20,21)13-4-2-1-3-5-13/h1-5,14-16,19H,6-12H2/t14-,15+,16+,17+/m1/s1. The molecule has 3 saturated heterocycles. The van der Waals surface area contributed by atoms with Crippen LogP contribution in [-0.4, -0.2) is 62.1 Å². The minimum Gasteiger partial charge on any atom is -0.396 e. The van der Waals surface area contributed by atoms with Crippen LogP contribution in [0.4, 0.5) is 0 Å². The van der Waals surface area contributed by atoms with Crippen molar-refractivity contribution >= 4 is 9.84 Å². The molecule has 2 bridgehead atoms. The molecule has 0 amide bonds. The molecular weight excluding hydrogens is 314 g/mol. The smallest absolute Gasteiger partial charge is 0.179 e. The largest absolute Gasteiger partial charge is 0.396 e. The van der Waals surface area contributed by atoms with Crippen LogP contribution in [0.2, 0.25) is 0 Å². The summed E-state index contributed by atoms with van der Waals surface area (Å²) in [6.45, 7) is 2.34. The molecule has 1 spiro atoms. The van der Waals surface area contributed by atoms with Crippen molar-refractivity contribution in [1.29, 1.82) is 0 Å². The molecule has 6 heteroatoms. The molecule has 4 atom stereocenters.